The van der Waals surface area contributed by atoms with E-state index in [4.69, 9.17) is 10.00 Å². The maximum Gasteiger partial charge on any atom is 0.338 e. The van der Waals surface area contributed by atoms with Gasteiger partial charge in [-0.1, -0.05) is 6.08 Å². The largest absolute Gasteiger partial charge is 0.467 e. The average Bonchev–Trinajstić information content (AvgIpc) is 2.17. The van der Waals surface area contributed by atoms with Crippen molar-refractivity contribution in [3.05, 3.63) is 12.2 Å². The molecule has 1 rings (SSSR count). The van der Waals surface area contributed by atoms with Crippen molar-refractivity contribution in [3.8, 4) is 6.07 Å². The zero-order valence-corrected chi connectivity index (χ0v) is 7.01. The van der Waals surface area contributed by atoms with Crippen LogP contribution in [0.25, 0.3) is 0 Å². The number of nitriles is 1. The second-order valence-electron chi connectivity index (χ2n) is 2.51. The number of aliphatic hydroxyl groups is 1. The summed E-state index contributed by atoms with van der Waals surface area (Å²) in [4.78, 5) is 11.0. The average molecular weight is 183 g/mol. The van der Waals surface area contributed by atoms with Crippen molar-refractivity contribution in [2.24, 2.45) is 0 Å². The summed E-state index contributed by atoms with van der Waals surface area (Å²) in [5, 5.41) is 17.8. The van der Waals surface area contributed by atoms with Gasteiger partial charge in [0.2, 0.25) is 0 Å². The highest BCUT2D eigenvalue weighted by molar-refractivity contribution is 5.76. The topological polar surface area (TPSA) is 79.5 Å². The minimum absolute atomic E-state index is 0.683. The first-order valence-corrected chi connectivity index (χ1v) is 3.68. The van der Waals surface area contributed by atoms with Crippen molar-refractivity contribution < 1.29 is 19.4 Å². The maximum atomic E-state index is 11.0. The van der Waals surface area contributed by atoms with Crippen LogP contribution in [0.4, 0.5) is 0 Å². The second kappa shape index (κ2) is 4.03. The second-order valence-corrected chi connectivity index (χ2v) is 2.51. The van der Waals surface area contributed by atoms with Crippen molar-refractivity contribution in [2.75, 3.05) is 7.11 Å². The highest BCUT2D eigenvalue weighted by Gasteiger charge is 2.32. The molecular formula is C8H9NO4. The molecule has 5 nitrogen and oxygen atoms in total. The van der Waals surface area contributed by atoms with Crippen LogP contribution < -0.4 is 0 Å². The molecule has 5 heteroatoms. The van der Waals surface area contributed by atoms with Gasteiger partial charge in [0.15, 0.2) is 12.2 Å². The molecule has 0 saturated heterocycles. The van der Waals surface area contributed by atoms with Crippen molar-refractivity contribution in [3.63, 3.8) is 0 Å². The Kier molecular flexibility index (Phi) is 3.01. The summed E-state index contributed by atoms with van der Waals surface area (Å²) in [6.45, 7) is 0. The van der Waals surface area contributed by atoms with Gasteiger partial charge < -0.3 is 14.6 Å². The van der Waals surface area contributed by atoms with E-state index in [2.05, 4.69) is 4.74 Å². The normalized spacial score (nSPS) is 32.2. The molecule has 0 bridgehead atoms. The molecule has 0 aromatic carbocycles. The lowest BCUT2D eigenvalue weighted by Crippen LogP contribution is -2.41. The number of hydrogen-bond acceptors (Lipinski definition) is 5. The van der Waals surface area contributed by atoms with E-state index < -0.39 is 24.3 Å². The summed E-state index contributed by atoms with van der Waals surface area (Å²) in [5.74, 6) is -0.683. The van der Waals surface area contributed by atoms with Crippen LogP contribution in [-0.4, -0.2) is 36.5 Å². The third-order valence-corrected chi connectivity index (χ3v) is 1.65. The molecule has 0 fully saturated rings. The number of carbonyl (C=O) groups excluding carboxylic acids is 1. The maximum absolute atomic E-state index is 11.0. The standard InChI is InChI=1S/C8H9NO4/c1-12-8(11)7-6(10)3-2-5(4-9)13-7/h2-3,5-7,10H,1H3/t5-,6-,7-/m0/s1. The van der Waals surface area contributed by atoms with E-state index in [0.29, 0.717) is 0 Å². The molecule has 1 heterocycles. The van der Waals surface area contributed by atoms with Crippen LogP contribution in [0, 0.1) is 11.3 Å². The fraction of sp³-hybridized carbons (Fsp3) is 0.500. The minimum Gasteiger partial charge on any atom is -0.467 e. The van der Waals surface area contributed by atoms with Crippen molar-refractivity contribution >= 4 is 5.97 Å². The molecule has 1 aliphatic heterocycles. The van der Waals surface area contributed by atoms with Crippen LogP contribution in [0.1, 0.15) is 0 Å². The molecule has 0 amide bonds. The first-order valence-electron chi connectivity index (χ1n) is 3.68. The molecule has 13 heavy (non-hydrogen) atoms. The SMILES string of the molecule is COC(=O)[C@H]1O[C@H](C#N)C=C[C@@H]1O. The van der Waals surface area contributed by atoms with Gasteiger partial charge in [-0.15, -0.1) is 0 Å². The zero-order chi connectivity index (χ0) is 9.84. The number of ether oxygens (including phenoxy) is 2. The first-order chi connectivity index (χ1) is 6.19. The summed E-state index contributed by atoms with van der Waals surface area (Å²) in [5.41, 5.74) is 0. The lowest BCUT2D eigenvalue weighted by molar-refractivity contribution is -0.162. The van der Waals surface area contributed by atoms with Gasteiger partial charge in [-0.2, -0.15) is 5.26 Å². The molecule has 0 aliphatic carbocycles. The van der Waals surface area contributed by atoms with E-state index in [1.807, 2.05) is 0 Å². The number of nitrogens with zero attached hydrogens (tertiary/aromatic N) is 1. The van der Waals surface area contributed by atoms with E-state index >= 15 is 0 Å². The Morgan fingerprint density at radius 2 is 2.38 bits per heavy atom. The first kappa shape index (κ1) is 9.71. The summed E-state index contributed by atoms with van der Waals surface area (Å²) in [6.07, 6.45) is -0.201. The number of hydrogen-bond donors (Lipinski definition) is 1. The van der Waals surface area contributed by atoms with Crippen LogP contribution in [0.3, 0.4) is 0 Å². The minimum atomic E-state index is -1.10. The Morgan fingerprint density at radius 3 is 2.92 bits per heavy atom. The van der Waals surface area contributed by atoms with E-state index in [1.165, 1.54) is 19.3 Å². The molecule has 3 atom stereocenters. The van der Waals surface area contributed by atoms with Gasteiger partial charge in [-0.25, -0.2) is 4.79 Å². The highest BCUT2D eigenvalue weighted by atomic mass is 16.6. The zero-order valence-electron chi connectivity index (χ0n) is 7.01. The molecule has 0 unspecified atom stereocenters. The fourth-order valence-corrected chi connectivity index (χ4v) is 0.984. The molecule has 0 saturated carbocycles. The van der Waals surface area contributed by atoms with Gasteiger partial charge in [-0.3, -0.25) is 0 Å². The molecule has 0 spiro atoms. The number of carbonyl (C=O) groups is 1. The third kappa shape index (κ3) is 2.05. The summed E-state index contributed by atoms with van der Waals surface area (Å²) >= 11 is 0. The van der Waals surface area contributed by atoms with Gasteiger partial charge >= 0.3 is 5.97 Å². The van der Waals surface area contributed by atoms with Gasteiger partial charge in [0.25, 0.3) is 0 Å². The quantitative estimate of drug-likeness (QED) is 0.432. The van der Waals surface area contributed by atoms with E-state index in [1.54, 1.807) is 6.07 Å². The fourth-order valence-electron chi connectivity index (χ4n) is 0.984. The van der Waals surface area contributed by atoms with E-state index in [9.17, 15) is 9.90 Å². The Morgan fingerprint density at radius 1 is 1.69 bits per heavy atom. The molecular weight excluding hydrogens is 174 g/mol. The molecule has 0 radical (unpaired) electrons. The van der Waals surface area contributed by atoms with E-state index in [0.717, 1.165) is 0 Å². The number of methoxy groups -OCH3 is 1. The molecule has 1 N–H and O–H groups in total. The number of esters is 1. The van der Waals surface area contributed by atoms with Crippen molar-refractivity contribution in [1.29, 1.82) is 5.26 Å². The molecule has 70 valence electrons. The number of aliphatic hydroxyl groups excluding tert-OH is 1. The Bertz CT molecular complexity index is 268. The Labute approximate surface area is 75.2 Å². The van der Waals surface area contributed by atoms with Gasteiger partial charge in [0.1, 0.15) is 6.10 Å². The smallest absolute Gasteiger partial charge is 0.338 e. The van der Waals surface area contributed by atoms with Crippen LogP contribution >= 0.6 is 0 Å². The van der Waals surface area contributed by atoms with Gasteiger partial charge in [0, 0.05) is 0 Å². The monoisotopic (exact) mass is 183 g/mol. The predicted molar refractivity (Wildman–Crippen MR) is 41.4 cm³/mol. The van der Waals surface area contributed by atoms with Crippen LogP contribution in [0.5, 0.6) is 0 Å². The number of rotatable bonds is 1. The van der Waals surface area contributed by atoms with Gasteiger partial charge in [0.05, 0.1) is 13.2 Å². The summed E-state index contributed by atoms with van der Waals surface area (Å²) in [7, 11) is 1.19. The summed E-state index contributed by atoms with van der Waals surface area (Å²) < 4.78 is 9.31. The summed E-state index contributed by atoms with van der Waals surface area (Å²) in [6, 6.07) is 1.81. The predicted octanol–water partition coefficient (Wildman–Crippen LogP) is -0.633. The van der Waals surface area contributed by atoms with E-state index in [-0.39, 0.29) is 0 Å². The van der Waals surface area contributed by atoms with Gasteiger partial charge in [-0.05, 0) is 6.08 Å². The third-order valence-electron chi connectivity index (χ3n) is 1.65. The lowest BCUT2D eigenvalue weighted by atomic mass is 10.1. The van der Waals surface area contributed by atoms with Crippen molar-refractivity contribution in [1.82, 2.24) is 0 Å². The van der Waals surface area contributed by atoms with Crippen LogP contribution in [0.15, 0.2) is 12.2 Å². The lowest BCUT2D eigenvalue weighted by Gasteiger charge is -2.24. The molecule has 0 aromatic heterocycles. The molecule has 1 aliphatic rings. The van der Waals surface area contributed by atoms with Crippen molar-refractivity contribution in [2.45, 2.75) is 18.3 Å². The molecule has 0 aromatic rings. The Hall–Kier alpha value is -1.38. The highest BCUT2D eigenvalue weighted by Crippen LogP contribution is 2.13. The van der Waals surface area contributed by atoms with Crippen LogP contribution in [-0.2, 0) is 14.3 Å². The van der Waals surface area contributed by atoms with Crippen LogP contribution in [0.2, 0.25) is 0 Å². The Balaban J connectivity index is 2.72.